The second-order valence-corrected chi connectivity index (χ2v) is 7.17. The smallest absolute Gasteiger partial charge is 0.314 e. The van der Waals surface area contributed by atoms with Crippen molar-refractivity contribution < 1.29 is 14.3 Å². The lowest BCUT2D eigenvalue weighted by atomic mass is 9.70. The third-order valence-corrected chi connectivity index (χ3v) is 5.75. The Labute approximate surface area is 152 Å². The van der Waals surface area contributed by atoms with Gasteiger partial charge < -0.3 is 9.64 Å². The number of amides is 1. The van der Waals surface area contributed by atoms with Gasteiger partial charge in [0.05, 0.1) is 12.0 Å². The van der Waals surface area contributed by atoms with Crippen LogP contribution in [0.2, 0.25) is 0 Å². The highest BCUT2D eigenvalue weighted by Gasteiger charge is 2.62. The molecular weight excluding hydrogens is 330 g/mol. The number of carbonyl (C=O) groups is 2. The van der Waals surface area contributed by atoms with E-state index in [9.17, 15) is 9.59 Å². The van der Waals surface area contributed by atoms with Crippen molar-refractivity contribution in [1.29, 1.82) is 0 Å². The third kappa shape index (κ3) is 2.60. The number of fused-ring (bicyclic) bond motifs is 2. The van der Waals surface area contributed by atoms with E-state index in [1.807, 2.05) is 42.2 Å². The monoisotopic (exact) mass is 353 g/mol. The Bertz CT molecular complexity index is 790. The van der Waals surface area contributed by atoms with Gasteiger partial charge in [0.25, 0.3) is 5.91 Å². The molecule has 3 heterocycles. The number of ether oxygens (including phenoxy) is 1. The predicted octanol–water partition coefficient (Wildman–Crippen LogP) is 2.58. The van der Waals surface area contributed by atoms with Gasteiger partial charge >= 0.3 is 5.97 Å². The largest absolute Gasteiger partial charge is 0.465 e. The maximum Gasteiger partial charge on any atom is 0.314 e. The predicted molar refractivity (Wildman–Crippen MR) is 95.4 cm³/mol. The Kier molecular flexibility index (Phi) is 4.26. The van der Waals surface area contributed by atoms with Crippen molar-refractivity contribution in [2.75, 3.05) is 6.61 Å². The number of aromatic nitrogens is 2. The highest BCUT2D eigenvalue weighted by Crippen LogP contribution is 2.52. The van der Waals surface area contributed by atoms with Gasteiger partial charge in [-0.2, -0.15) is 5.10 Å². The van der Waals surface area contributed by atoms with Gasteiger partial charge in [0, 0.05) is 18.3 Å². The van der Waals surface area contributed by atoms with Gasteiger partial charge in [-0.1, -0.05) is 30.3 Å². The first-order valence-electron chi connectivity index (χ1n) is 9.19. The lowest BCUT2D eigenvalue weighted by Crippen LogP contribution is -2.47. The fraction of sp³-hybridized carbons (Fsp3) is 0.450. The topological polar surface area (TPSA) is 75.3 Å². The summed E-state index contributed by atoms with van der Waals surface area (Å²) in [5.41, 5.74) is 0.902. The summed E-state index contributed by atoms with van der Waals surface area (Å²) in [4.78, 5) is 27.9. The molecule has 1 aromatic carbocycles. The van der Waals surface area contributed by atoms with E-state index in [4.69, 9.17) is 4.74 Å². The molecule has 1 amide bonds. The Morgan fingerprint density at radius 1 is 1.27 bits per heavy atom. The first-order valence-corrected chi connectivity index (χ1v) is 9.19. The molecule has 2 fully saturated rings. The van der Waals surface area contributed by atoms with Gasteiger partial charge in [-0.05, 0) is 44.2 Å². The van der Waals surface area contributed by atoms with Crippen LogP contribution in [0.3, 0.4) is 0 Å². The number of nitrogens with zero attached hydrogens (tertiary/aromatic N) is 2. The van der Waals surface area contributed by atoms with E-state index in [1.54, 1.807) is 12.3 Å². The highest BCUT2D eigenvalue weighted by molar-refractivity contribution is 5.94. The molecule has 6 nitrogen and oxygen atoms in total. The van der Waals surface area contributed by atoms with Gasteiger partial charge in [0.2, 0.25) is 0 Å². The van der Waals surface area contributed by atoms with Crippen molar-refractivity contribution in [1.82, 2.24) is 15.1 Å². The number of hydrogen-bond acceptors (Lipinski definition) is 4. The molecule has 2 aliphatic rings. The van der Waals surface area contributed by atoms with Crippen molar-refractivity contribution >= 4 is 11.9 Å². The highest BCUT2D eigenvalue weighted by atomic mass is 16.5. The van der Waals surface area contributed by atoms with E-state index in [0.29, 0.717) is 25.1 Å². The second kappa shape index (κ2) is 6.59. The Morgan fingerprint density at radius 2 is 2.08 bits per heavy atom. The summed E-state index contributed by atoms with van der Waals surface area (Å²) in [6.07, 6.45) is 4.59. The van der Waals surface area contributed by atoms with Crippen LogP contribution >= 0.6 is 0 Å². The van der Waals surface area contributed by atoms with Crippen LogP contribution in [0, 0.1) is 5.41 Å². The van der Waals surface area contributed by atoms with Crippen LogP contribution in [0.25, 0.3) is 0 Å². The maximum atomic E-state index is 13.0. The number of rotatable bonds is 5. The minimum Gasteiger partial charge on any atom is -0.465 e. The number of esters is 1. The van der Waals surface area contributed by atoms with Gasteiger partial charge in [0.1, 0.15) is 5.69 Å². The van der Waals surface area contributed by atoms with Crippen molar-refractivity contribution in [2.24, 2.45) is 5.41 Å². The zero-order valence-corrected chi connectivity index (χ0v) is 14.9. The van der Waals surface area contributed by atoms with Crippen molar-refractivity contribution in [3.8, 4) is 0 Å². The average Bonchev–Trinajstić information content (AvgIpc) is 3.38. The number of H-pyrrole nitrogens is 1. The van der Waals surface area contributed by atoms with Crippen LogP contribution in [-0.4, -0.2) is 45.7 Å². The molecule has 0 aliphatic carbocycles. The van der Waals surface area contributed by atoms with Crippen LogP contribution in [0.5, 0.6) is 0 Å². The molecule has 6 heteroatoms. The zero-order valence-electron chi connectivity index (χ0n) is 14.9. The number of carbonyl (C=O) groups excluding carboxylic acids is 2. The lowest BCUT2D eigenvalue weighted by Gasteiger charge is -2.35. The molecule has 2 aromatic rings. The van der Waals surface area contributed by atoms with Crippen LogP contribution in [-0.2, 0) is 16.0 Å². The first kappa shape index (κ1) is 16.8. The fourth-order valence-corrected chi connectivity index (χ4v) is 4.72. The van der Waals surface area contributed by atoms with Gasteiger partial charge in [0.15, 0.2) is 0 Å². The average molecular weight is 353 g/mol. The maximum absolute atomic E-state index is 13.0. The van der Waals surface area contributed by atoms with Crippen LogP contribution in [0.4, 0.5) is 0 Å². The third-order valence-electron chi connectivity index (χ3n) is 5.75. The molecule has 1 N–H and O–H groups in total. The standard InChI is InChI=1S/C20H23N3O3/c1-2-26-19(25)20(12-14-6-4-3-5-7-14)13-15-8-9-17(20)23(15)18(24)16-10-11-21-22-16/h3-7,10-11,15,17H,2,8-9,12-13H2,1H3,(H,21,22)/t15-,17+,20+/m1/s1. The van der Waals surface area contributed by atoms with E-state index in [2.05, 4.69) is 10.2 Å². The quantitative estimate of drug-likeness (QED) is 0.839. The summed E-state index contributed by atoms with van der Waals surface area (Å²) >= 11 is 0. The van der Waals surface area contributed by atoms with Gasteiger partial charge in [-0.25, -0.2) is 0 Å². The van der Waals surface area contributed by atoms with Crippen LogP contribution in [0.1, 0.15) is 42.2 Å². The molecule has 0 saturated carbocycles. The van der Waals surface area contributed by atoms with Crippen LogP contribution in [0.15, 0.2) is 42.6 Å². The SMILES string of the molecule is CCOC(=O)[C@@]1(Cc2ccccc2)C[C@H]2CC[C@@H]1N2C(=O)c1ccn[nH]1. The molecule has 3 atom stereocenters. The van der Waals surface area contributed by atoms with E-state index in [1.165, 1.54) is 0 Å². The number of benzene rings is 1. The molecule has 2 aliphatic heterocycles. The molecular formula is C20H23N3O3. The summed E-state index contributed by atoms with van der Waals surface area (Å²) in [6.45, 7) is 2.18. The molecule has 2 saturated heterocycles. The summed E-state index contributed by atoms with van der Waals surface area (Å²) < 4.78 is 5.48. The zero-order chi connectivity index (χ0) is 18.1. The number of hydrogen-bond donors (Lipinski definition) is 1. The van der Waals surface area contributed by atoms with E-state index >= 15 is 0 Å². The van der Waals surface area contributed by atoms with Gasteiger partial charge in [-0.15, -0.1) is 0 Å². The fourth-order valence-electron chi connectivity index (χ4n) is 4.72. The molecule has 1 aromatic heterocycles. The van der Waals surface area contributed by atoms with Crippen molar-refractivity contribution in [3.63, 3.8) is 0 Å². The van der Waals surface area contributed by atoms with E-state index in [0.717, 1.165) is 18.4 Å². The minimum atomic E-state index is -0.671. The molecule has 26 heavy (non-hydrogen) atoms. The van der Waals surface area contributed by atoms with E-state index < -0.39 is 5.41 Å². The normalized spacial score (nSPS) is 26.9. The summed E-state index contributed by atoms with van der Waals surface area (Å²) in [6, 6.07) is 11.6. The van der Waals surface area contributed by atoms with Crippen molar-refractivity contribution in [2.45, 2.75) is 44.7 Å². The Balaban J connectivity index is 1.69. The van der Waals surface area contributed by atoms with Crippen LogP contribution < -0.4 is 0 Å². The summed E-state index contributed by atoms with van der Waals surface area (Å²) in [5, 5.41) is 6.65. The minimum absolute atomic E-state index is 0.0731. The molecule has 0 spiro atoms. The lowest BCUT2D eigenvalue weighted by molar-refractivity contribution is -0.157. The van der Waals surface area contributed by atoms with E-state index in [-0.39, 0.29) is 24.0 Å². The van der Waals surface area contributed by atoms with Gasteiger partial charge in [-0.3, -0.25) is 14.7 Å². The number of nitrogens with one attached hydrogen (secondary N) is 1. The second-order valence-electron chi connectivity index (χ2n) is 7.17. The molecule has 0 radical (unpaired) electrons. The molecule has 2 bridgehead atoms. The molecule has 4 rings (SSSR count). The Morgan fingerprint density at radius 3 is 2.77 bits per heavy atom. The number of aromatic amines is 1. The molecule has 0 unspecified atom stereocenters. The first-order chi connectivity index (χ1) is 12.7. The Hall–Kier alpha value is -2.63. The summed E-state index contributed by atoms with van der Waals surface area (Å²) in [5.74, 6) is -0.257. The van der Waals surface area contributed by atoms with Crippen molar-refractivity contribution in [3.05, 3.63) is 53.9 Å². The molecule has 136 valence electrons. The summed E-state index contributed by atoms with van der Waals surface area (Å²) in [7, 11) is 0.